The molecule has 0 aromatic rings. The molecule has 2 aliphatic rings. The Labute approximate surface area is 116 Å². The van der Waals surface area contributed by atoms with Gasteiger partial charge in [0.1, 0.15) is 0 Å². The summed E-state index contributed by atoms with van der Waals surface area (Å²) in [5.74, 6) is 0.229. The number of hydrogen-bond donors (Lipinski definition) is 1. The lowest BCUT2D eigenvalue weighted by Crippen LogP contribution is -2.42. The quantitative estimate of drug-likeness (QED) is 0.489. The molecule has 1 aliphatic heterocycles. The largest absolute Gasteiger partial charge is 0.469 e. The first-order valence-electron chi connectivity index (χ1n) is 7.11. The topological polar surface area (TPSA) is 59.1 Å². The minimum atomic E-state index is -2.21. The predicted octanol–water partition coefficient (Wildman–Crippen LogP) is 2.32. The Bertz CT molecular complexity index is 361. The number of hydrogen-bond acceptors (Lipinski definition) is 4. The monoisotopic (exact) mass is 286 g/mol. The lowest BCUT2D eigenvalue weighted by molar-refractivity contribution is -0.146. The van der Waals surface area contributed by atoms with Crippen LogP contribution in [0.5, 0.6) is 0 Å². The Hall–Kier alpha value is -0.393. The van der Waals surface area contributed by atoms with E-state index in [0.717, 1.165) is 19.3 Å². The van der Waals surface area contributed by atoms with Gasteiger partial charge < -0.3 is 14.3 Å². The van der Waals surface area contributed by atoms with E-state index in [1.54, 1.807) is 0 Å². The fraction of sp³-hybridized carbons (Fsp3) is 0.929. The van der Waals surface area contributed by atoms with Crippen LogP contribution >= 0.6 is 0 Å². The molecule has 1 saturated carbocycles. The zero-order valence-corrected chi connectivity index (χ0v) is 13.6. The summed E-state index contributed by atoms with van der Waals surface area (Å²) in [6.07, 6.45) is 3.10. The third-order valence-corrected chi connectivity index (χ3v) is 8.67. The fourth-order valence-corrected chi connectivity index (χ4v) is 3.86. The molecule has 4 atom stereocenters. The van der Waals surface area contributed by atoms with Crippen molar-refractivity contribution in [3.8, 4) is 0 Å². The molecule has 1 heterocycles. The van der Waals surface area contributed by atoms with Gasteiger partial charge in [0.05, 0.1) is 25.2 Å². The van der Waals surface area contributed by atoms with Crippen molar-refractivity contribution in [2.24, 2.45) is 11.8 Å². The minimum Gasteiger partial charge on any atom is -0.469 e. The maximum Gasteiger partial charge on any atom is 0.308 e. The van der Waals surface area contributed by atoms with Crippen molar-refractivity contribution in [2.75, 3.05) is 7.11 Å². The van der Waals surface area contributed by atoms with E-state index in [-0.39, 0.29) is 23.0 Å². The number of epoxide rings is 1. The second-order valence-corrected chi connectivity index (χ2v) is 11.7. The van der Waals surface area contributed by atoms with Gasteiger partial charge in [0.2, 0.25) is 0 Å². The summed E-state index contributed by atoms with van der Waals surface area (Å²) in [6.45, 7) is 8.24. The van der Waals surface area contributed by atoms with Crippen molar-refractivity contribution in [3.63, 3.8) is 0 Å². The van der Waals surface area contributed by atoms with E-state index in [4.69, 9.17) is 9.47 Å². The summed E-state index contributed by atoms with van der Waals surface area (Å²) >= 11 is 0. The zero-order valence-electron chi connectivity index (χ0n) is 12.6. The number of esters is 1. The van der Waals surface area contributed by atoms with Gasteiger partial charge in [-0.25, -0.2) is 0 Å². The minimum absolute atomic E-state index is 0.0296. The van der Waals surface area contributed by atoms with Gasteiger partial charge in [-0.3, -0.25) is 4.79 Å². The number of rotatable bonds is 4. The van der Waals surface area contributed by atoms with Gasteiger partial charge in [-0.05, 0) is 43.3 Å². The van der Waals surface area contributed by atoms with Gasteiger partial charge >= 0.3 is 5.97 Å². The Morgan fingerprint density at radius 2 is 2.05 bits per heavy atom. The SMILES string of the molecule is COC(=O)[C@H]1C[C@@H](CC(C)(C)[Si](C)(C)O)[C@H]2O[C@H]2C1. The van der Waals surface area contributed by atoms with Crippen LogP contribution in [0.25, 0.3) is 0 Å². The van der Waals surface area contributed by atoms with Crippen LogP contribution in [0.1, 0.15) is 33.1 Å². The summed E-state index contributed by atoms with van der Waals surface area (Å²) in [5.41, 5.74) is 0. The molecule has 19 heavy (non-hydrogen) atoms. The standard InChI is InChI=1S/C14H26O4Si/c1-14(2,19(4,5)16)8-10-6-9(13(15)17-3)7-11-12(10)18-11/h9-12,16H,6-8H2,1-5H3/t9-,10-,11-,12+/m0/s1. The maximum atomic E-state index is 11.7. The molecular formula is C14H26O4Si. The van der Waals surface area contributed by atoms with E-state index in [1.807, 2.05) is 13.1 Å². The van der Waals surface area contributed by atoms with Gasteiger partial charge in [0.25, 0.3) is 0 Å². The van der Waals surface area contributed by atoms with Crippen molar-refractivity contribution < 1.29 is 19.1 Å². The Morgan fingerprint density at radius 1 is 1.42 bits per heavy atom. The third-order valence-electron chi connectivity index (χ3n) is 5.15. The number of fused-ring (bicyclic) bond motifs is 1. The first kappa shape index (κ1) is 15.0. The first-order valence-corrected chi connectivity index (χ1v) is 10.1. The second-order valence-electron chi connectivity index (χ2n) is 7.24. The summed E-state index contributed by atoms with van der Waals surface area (Å²) in [4.78, 5) is 22.1. The van der Waals surface area contributed by atoms with E-state index in [0.29, 0.717) is 12.0 Å². The summed E-state index contributed by atoms with van der Waals surface area (Å²) in [6, 6.07) is 0. The van der Waals surface area contributed by atoms with E-state index >= 15 is 0 Å². The smallest absolute Gasteiger partial charge is 0.308 e. The highest BCUT2D eigenvalue weighted by molar-refractivity contribution is 6.72. The van der Waals surface area contributed by atoms with Crippen molar-refractivity contribution >= 4 is 14.3 Å². The molecular weight excluding hydrogens is 260 g/mol. The normalized spacial score (nSPS) is 34.6. The van der Waals surface area contributed by atoms with Crippen molar-refractivity contribution in [1.29, 1.82) is 0 Å². The van der Waals surface area contributed by atoms with Crippen LogP contribution in [-0.2, 0) is 14.3 Å². The Balaban J connectivity index is 2.03. The van der Waals surface area contributed by atoms with Gasteiger partial charge in [-0.1, -0.05) is 13.8 Å². The zero-order chi connectivity index (χ0) is 14.4. The van der Waals surface area contributed by atoms with Crippen LogP contribution in [0, 0.1) is 11.8 Å². The molecule has 0 bridgehead atoms. The molecule has 5 heteroatoms. The van der Waals surface area contributed by atoms with Crippen molar-refractivity contribution in [2.45, 2.75) is 63.5 Å². The van der Waals surface area contributed by atoms with Crippen LogP contribution in [0.3, 0.4) is 0 Å². The van der Waals surface area contributed by atoms with Crippen LogP contribution in [0.4, 0.5) is 0 Å². The molecule has 2 rings (SSSR count). The number of methoxy groups -OCH3 is 1. The first-order chi connectivity index (χ1) is 8.65. The number of carbonyl (C=O) groups excluding carboxylic acids is 1. The van der Waals surface area contributed by atoms with Crippen molar-refractivity contribution in [3.05, 3.63) is 0 Å². The average Bonchev–Trinajstić information content (AvgIpc) is 3.05. The van der Waals surface area contributed by atoms with E-state index in [2.05, 4.69) is 13.8 Å². The van der Waals surface area contributed by atoms with Crippen LogP contribution < -0.4 is 0 Å². The molecule has 0 aromatic heterocycles. The molecule has 2 fully saturated rings. The van der Waals surface area contributed by atoms with Crippen molar-refractivity contribution in [1.82, 2.24) is 0 Å². The Kier molecular flexibility index (Phi) is 3.84. The van der Waals surface area contributed by atoms with Gasteiger partial charge in [-0.15, -0.1) is 0 Å². The fourth-order valence-electron chi connectivity index (χ4n) is 3.10. The van der Waals surface area contributed by atoms with Crippen LogP contribution in [0.2, 0.25) is 18.1 Å². The highest BCUT2D eigenvalue weighted by Crippen LogP contribution is 2.51. The van der Waals surface area contributed by atoms with Crippen LogP contribution in [0.15, 0.2) is 0 Å². The van der Waals surface area contributed by atoms with Gasteiger partial charge in [-0.2, -0.15) is 0 Å². The van der Waals surface area contributed by atoms with Crippen LogP contribution in [-0.4, -0.2) is 38.4 Å². The van der Waals surface area contributed by atoms with E-state index in [1.165, 1.54) is 7.11 Å². The molecule has 1 aliphatic carbocycles. The maximum absolute atomic E-state index is 11.7. The lowest BCUT2D eigenvalue weighted by atomic mass is 9.77. The average molecular weight is 286 g/mol. The van der Waals surface area contributed by atoms with Gasteiger partial charge in [0.15, 0.2) is 8.32 Å². The predicted molar refractivity (Wildman–Crippen MR) is 75.2 cm³/mol. The summed E-state index contributed by atoms with van der Waals surface area (Å²) < 4.78 is 10.6. The molecule has 0 aromatic carbocycles. The lowest BCUT2D eigenvalue weighted by Gasteiger charge is -2.39. The Morgan fingerprint density at radius 3 is 2.58 bits per heavy atom. The molecule has 1 N–H and O–H groups in total. The van der Waals surface area contributed by atoms with Gasteiger partial charge in [0, 0.05) is 0 Å². The highest BCUT2D eigenvalue weighted by atomic mass is 28.4. The second kappa shape index (κ2) is 4.86. The molecule has 4 nitrogen and oxygen atoms in total. The van der Waals surface area contributed by atoms with E-state index in [9.17, 15) is 9.59 Å². The molecule has 110 valence electrons. The molecule has 0 amide bonds. The number of ether oxygens (including phenoxy) is 2. The third kappa shape index (κ3) is 3.03. The molecule has 0 unspecified atom stereocenters. The summed E-state index contributed by atoms with van der Waals surface area (Å²) in [5, 5.41) is -0.0633. The molecule has 0 spiro atoms. The number of carbonyl (C=O) groups is 1. The molecule has 0 radical (unpaired) electrons. The van der Waals surface area contributed by atoms with E-state index < -0.39 is 8.32 Å². The summed E-state index contributed by atoms with van der Waals surface area (Å²) in [7, 11) is -0.760. The highest BCUT2D eigenvalue weighted by Gasteiger charge is 2.54. The molecule has 1 saturated heterocycles.